The lowest BCUT2D eigenvalue weighted by Crippen LogP contribution is -2.37. The number of hydrogen-bond donors (Lipinski definition) is 1. The smallest absolute Gasteiger partial charge is 0.242 e. The predicted molar refractivity (Wildman–Crippen MR) is 88.4 cm³/mol. The van der Waals surface area contributed by atoms with E-state index in [1.165, 1.54) is 0 Å². The quantitative estimate of drug-likeness (QED) is 0.922. The molecule has 0 spiro atoms. The number of pyridine rings is 1. The third-order valence-corrected chi connectivity index (χ3v) is 3.68. The number of benzene rings is 1. The van der Waals surface area contributed by atoms with Crippen LogP contribution in [0.25, 0.3) is 0 Å². The molecular formula is C18H23N3O. The van der Waals surface area contributed by atoms with Crippen molar-refractivity contribution in [2.45, 2.75) is 26.4 Å². The Morgan fingerprint density at radius 3 is 2.59 bits per heavy atom. The Balaban J connectivity index is 2.12. The van der Waals surface area contributed by atoms with E-state index in [0.29, 0.717) is 6.54 Å². The van der Waals surface area contributed by atoms with Crippen LogP contribution in [0.3, 0.4) is 0 Å². The Labute approximate surface area is 132 Å². The summed E-state index contributed by atoms with van der Waals surface area (Å²) >= 11 is 0. The maximum absolute atomic E-state index is 12.6. The molecule has 116 valence electrons. The minimum Gasteiger partial charge on any atom is -0.350 e. The van der Waals surface area contributed by atoms with Crippen LogP contribution in [0.1, 0.15) is 28.4 Å². The van der Waals surface area contributed by atoms with Gasteiger partial charge in [-0.1, -0.05) is 24.3 Å². The van der Waals surface area contributed by atoms with Crippen molar-refractivity contribution >= 4 is 5.91 Å². The van der Waals surface area contributed by atoms with Gasteiger partial charge in [-0.05, 0) is 56.8 Å². The Morgan fingerprint density at radius 2 is 1.95 bits per heavy atom. The van der Waals surface area contributed by atoms with Crippen molar-refractivity contribution in [3.8, 4) is 0 Å². The highest BCUT2D eigenvalue weighted by molar-refractivity contribution is 5.83. The SMILES string of the molecule is Cc1cc(CNC(=O)C(c2ccccc2C)N(C)C)ccn1. The molecule has 0 radical (unpaired) electrons. The van der Waals surface area contributed by atoms with Crippen molar-refractivity contribution in [2.24, 2.45) is 0 Å². The van der Waals surface area contributed by atoms with Gasteiger partial charge in [-0.25, -0.2) is 0 Å². The number of likely N-dealkylation sites (N-methyl/N-ethyl adjacent to an activating group) is 1. The van der Waals surface area contributed by atoms with Crippen LogP contribution in [0.15, 0.2) is 42.6 Å². The average Bonchev–Trinajstić information content (AvgIpc) is 2.47. The number of hydrogen-bond acceptors (Lipinski definition) is 3. The summed E-state index contributed by atoms with van der Waals surface area (Å²) in [5, 5.41) is 3.02. The topological polar surface area (TPSA) is 45.2 Å². The highest BCUT2D eigenvalue weighted by Gasteiger charge is 2.23. The van der Waals surface area contributed by atoms with Gasteiger partial charge in [0, 0.05) is 18.4 Å². The van der Waals surface area contributed by atoms with E-state index < -0.39 is 0 Å². The van der Waals surface area contributed by atoms with E-state index in [0.717, 1.165) is 22.4 Å². The summed E-state index contributed by atoms with van der Waals surface area (Å²) in [6.07, 6.45) is 1.77. The molecule has 1 heterocycles. The number of aromatic nitrogens is 1. The van der Waals surface area contributed by atoms with E-state index in [1.807, 2.05) is 69.2 Å². The second kappa shape index (κ2) is 7.18. The van der Waals surface area contributed by atoms with Crippen molar-refractivity contribution in [1.29, 1.82) is 0 Å². The van der Waals surface area contributed by atoms with Crippen LogP contribution < -0.4 is 5.32 Å². The molecule has 0 fully saturated rings. The highest BCUT2D eigenvalue weighted by atomic mass is 16.2. The van der Waals surface area contributed by atoms with Gasteiger partial charge in [0.05, 0.1) is 0 Å². The Morgan fingerprint density at radius 1 is 1.23 bits per heavy atom. The average molecular weight is 297 g/mol. The Hall–Kier alpha value is -2.20. The van der Waals surface area contributed by atoms with E-state index in [2.05, 4.69) is 10.3 Å². The molecule has 0 saturated carbocycles. The molecule has 4 nitrogen and oxygen atoms in total. The third-order valence-electron chi connectivity index (χ3n) is 3.68. The fourth-order valence-corrected chi connectivity index (χ4v) is 2.55. The summed E-state index contributed by atoms with van der Waals surface area (Å²) < 4.78 is 0. The molecule has 1 N–H and O–H groups in total. The minimum atomic E-state index is -0.288. The van der Waals surface area contributed by atoms with Crippen LogP contribution in [-0.4, -0.2) is 29.9 Å². The van der Waals surface area contributed by atoms with Gasteiger partial charge in [-0.3, -0.25) is 14.7 Å². The summed E-state index contributed by atoms with van der Waals surface area (Å²) in [4.78, 5) is 18.7. The predicted octanol–water partition coefficient (Wildman–Crippen LogP) is 2.62. The fourth-order valence-electron chi connectivity index (χ4n) is 2.55. The lowest BCUT2D eigenvalue weighted by atomic mass is 10.00. The van der Waals surface area contributed by atoms with Crippen LogP contribution in [-0.2, 0) is 11.3 Å². The maximum Gasteiger partial charge on any atom is 0.242 e. The van der Waals surface area contributed by atoms with Crippen LogP contribution >= 0.6 is 0 Å². The molecule has 1 amide bonds. The zero-order valence-electron chi connectivity index (χ0n) is 13.6. The van der Waals surface area contributed by atoms with Crippen LogP contribution in [0.2, 0.25) is 0 Å². The second-order valence-electron chi connectivity index (χ2n) is 5.75. The van der Waals surface area contributed by atoms with Gasteiger partial charge in [0.2, 0.25) is 5.91 Å². The number of carbonyl (C=O) groups is 1. The molecule has 1 aromatic heterocycles. The van der Waals surface area contributed by atoms with Gasteiger partial charge in [0.25, 0.3) is 0 Å². The monoisotopic (exact) mass is 297 g/mol. The van der Waals surface area contributed by atoms with Gasteiger partial charge in [0.1, 0.15) is 6.04 Å². The van der Waals surface area contributed by atoms with Crippen LogP contribution in [0, 0.1) is 13.8 Å². The summed E-state index contributed by atoms with van der Waals surface area (Å²) in [7, 11) is 3.85. The number of amides is 1. The molecule has 0 aliphatic rings. The van der Waals surface area contributed by atoms with Gasteiger partial charge < -0.3 is 5.32 Å². The normalized spacial score (nSPS) is 12.2. The Kier molecular flexibility index (Phi) is 5.28. The summed E-state index contributed by atoms with van der Waals surface area (Å²) in [5.74, 6) is 0.00812. The molecule has 0 aliphatic heterocycles. The van der Waals surface area contributed by atoms with E-state index in [4.69, 9.17) is 0 Å². The first-order valence-corrected chi connectivity index (χ1v) is 7.40. The lowest BCUT2D eigenvalue weighted by molar-refractivity contribution is -0.126. The first-order valence-electron chi connectivity index (χ1n) is 7.40. The van der Waals surface area contributed by atoms with E-state index in [9.17, 15) is 4.79 Å². The number of carbonyl (C=O) groups excluding carboxylic acids is 1. The van der Waals surface area contributed by atoms with Crippen molar-refractivity contribution < 1.29 is 4.79 Å². The molecule has 0 bridgehead atoms. The summed E-state index contributed by atoms with van der Waals surface area (Å²) in [6, 6.07) is 11.6. The van der Waals surface area contributed by atoms with E-state index >= 15 is 0 Å². The standard InChI is InChI=1S/C18H23N3O/c1-13-7-5-6-8-16(13)17(21(3)4)18(22)20-12-15-9-10-19-14(2)11-15/h5-11,17H,12H2,1-4H3,(H,20,22). The zero-order chi connectivity index (χ0) is 16.1. The molecule has 1 unspecified atom stereocenters. The van der Waals surface area contributed by atoms with Gasteiger partial charge >= 0.3 is 0 Å². The minimum absolute atomic E-state index is 0.00812. The highest BCUT2D eigenvalue weighted by Crippen LogP contribution is 2.22. The van der Waals surface area contributed by atoms with Crippen molar-refractivity contribution in [2.75, 3.05) is 14.1 Å². The number of nitrogens with one attached hydrogen (secondary N) is 1. The third kappa shape index (κ3) is 3.92. The number of aryl methyl sites for hydroxylation is 2. The molecule has 2 rings (SSSR count). The number of rotatable bonds is 5. The largest absolute Gasteiger partial charge is 0.350 e. The maximum atomic E-state index is 12.6. The fraction of sp³-hybridized carbons (Fsp3) is 0.333. The molecule has 22 heavy (non-hydrogen) atoms. The zero-order valence-corrected chi connectivity index (χ0v) is 13.6. The van der Waals surface area contributed by atoms with Crippen molar-refractivity contribution in [3.05, 3.63) is 65.0 Å². The molecule has 2 aromatic rings. The number of nitrogens with zero attached hydrogens (tertiary/aromatic N) is 2. The first-order chi connectivity index (χ1) is 10.5. The molecule has 0 aliphatic carbocycles. The Bertz CT molecular complexity index is 652. The van der Waals surface area contributed by atoms with Crippen molar-refractivity contribution in [3.63, 3.8) is 0 Å². The molecule has 1 aromatic carbocycles. The molecule has 0 saturated heterocycles. The van der Waals surface area contributed by atoms with Gasteiger partial charge in [-0.2, -0.15) is 0 Å². The molecular weight excluding hydrogens is 274 g/mol. The van der Waals surface area contributed by atoms with E-state index in [1.54, 1.807) is 6.20 Å². The van der Waals surface area contributed by atoms with Gasteiger partial charge in [0.15, 0.2) is 0 Å². The molecule has 1 atom stereocenters. The van der Waals surface area contributed by atoms with Crippen LogP contribution in [0.4, 0.5) is 0 Å². The molecule has 4 heteroatoms. The second-order valence-corrected chi connectivity index (χ2v) is 5.75. The summed E-state index contributed by atoms with van der Waals surface area (Å²) in [6.45, 7) is 4.49. The summed E-state index contributed by atoms with van der Waals surface area (Å²) in [5.41, 5.74) is 4.17. The van der Waals surface area contributed by atoms with Crippen LogP contribution in [0.5, 0.6) is 0 Å². The van der Waals surface area contributed by atoms with E-state index in [-0.39, 0.29) is 11.9 Å². The first kappa shape index (κ1) is 16.2. The van der Waals surface area contributed by atoms with Gasteiger partial charge in [-0.15, -0.1) is 0 Å². The van der Waals surface area contributed by atoms with Crippen molar-refractivity contribution in [1.82, 2.24) is 15.2 Å². The lowest BCUT2D eigenvalue weighted by Gasteiger charge is -2.25.